The number of nitrogens with zero attached hydrogens (tertiary/aromatic N) is 13. The fourth-order valence-electron chi connectivity index (χ4n) is 18.1. The highest BCUT2D eigenvalue weighted by atomic mass is 16.5. The van der Waals surface area contributed by atoms with Gasteiger partial charge in [-0.25, -0.2) is 15.0 Å². The molecule has 16 rings (SSSR count). The van der Waals surface area contributed by atoms with Gasteiger partial charge >= 0.3 is 0 Å². The number of likely N-dealkylation sites (N-methyl/N-ethyl adjacent to an activating group) is 3. The quantitative estimate of drug-likeness (QED) is 0.0318. The average molecular weight is 1700 g/mol. The lowest BCUT2D eigenvalue weighted by Gasteiger charge is -2.36. The molecule has 3 fully saturated rings. The maximum atomic E-state index is 14.2. The summed E-state index contributed by atoms with van der Waals surface area (Å²) in [4.78, 5) is 80.5. The van der Waals surface area contributed by atoms with E-state index in [-0.39, 0.29) is 35.8 Å². The monoisotopic (exact) mass is 1690 g/mol. The number of rotatable bonds is 34. The molecule has 2 aromatic heterocycles. The normalized spacial score (nSPS) is 15.9. The summed E-state index contributed by atoms with van der Waals surface area (Å²) in [6.45, 7) is 27.8. The van der Waals surface area contributed by atoms with Crippen molar-refractivity contribution in [2.45, 2.75) is 104 Å². The van der Waals surface area contributed by atoms with Gasteiger partial charge in [-0.2, -0.15) is 4.98 Å². The second-order valence-corrected chi connectivity index (χ2v) is 32.0. The molecule has 3 N–H and O–H groups in total. The summed E-state index contributed by atoms with van der Waals surface area (Å²) < 4.78 is 38.7. The lowest BCUT2D eigenvalue weighted by atomic mass is 9.96. The van der Waals surface area contributed by atoms with E-state index in [1.807, 2.05) is 112 Å². The van der Waals surface area contributed by atoms with Gasteiger partial charge in [-0.05, 0) is 171 Å². The zero-order valence-electron chi connectivity index (χ0n) is 74.4. The van der Waals surface area contributed by atoms with Crippen LogP contribution >= 0.6 is 0 Å². The first-order valence-electron chi connectivity index (χ1n) is 44.1. The molecule has 0 spiro atoms. The first-order chi connectivity index (χ1) is 61.2. The zero-order chi connectivity index (χ0) is 87.3. The van der Waals surface area contributed by atoms with Gasteiger partial charge in [-0.15, -0.1) is 0 Å². The van der Waals surface area contributed by atoms with Gasteiger partial charge in [0.05, 0.1) is 67.9 Å². The van der Waals surface area contributed by atoms with E-state index in [0.29, 0.717) is 91.5 Å². The standard InChI is InChI=1S/C36H40N4O3.C32H42N6O3.C31H40N6O4/c1-4-38-18-20-39(21-19-38)32-15-9-14-30-31(32)25-40(36(30)41)35(28-16-17-33(42-2)34(23-28)43-3)27-12-8-13-29(22-27)37-24-26-10-6-5-7-11-26;1-5-24-14-16-34-32(35-24)33-15-8-11-27(23-12-13-29(40-3)30(21-23)41-4)38-22-26-25(31(38)39)9-7-10-28(26)37-19-17-36(6-2)18-20-37;1-5-35-16-18-36(19-17-35)26-9-6-8-23-24(26)21-37(30(23)38)25(22-11-12-27(39-2)28(20-22)40-3)10-7-14-32-31-33-15-13-29(34-31)41-4/h5-17,22-23,35,37H,4,18-21,24-25H2,1-3H3;7,9-10,12-14,16,21,27H,5-6,8,11,15,17-20,22H2,1-4H3,(H,33,34,35);6,8-9,11-13,15,20,25H,5,7,10,14,16-19,21H2,1-4H3,(H,32,33,34)/t;27-;25-/m.11/s1. The number of fused-ring (bicyclic) bond motifs is 3. The molecule has 658 valence electrons. The lowest BCUT2D eigenvalue weighted by molar-refractivity contribution is 0.0682. The van der Waals surface area contributed by atoms with Crippen molar-refractivity contribution in [2.75, 3.05) is 192 Å². The van der Waals surface area contributed by atoms with Crippen LogP contribution in [0.15, 0.2) is 188 Å². The van der Waals surface area contributed by atoms with Gasteiger partial charge in [0, 0.05) is 198 Å². The van der Waals surface area contributed by atoms with Gasteiger partial charge in [0.15, 0.2) is 34.5 Å². The highest BCUT2D eigenvalue weighted by molar-refractivity contribution is 6.02. The zero-order valence-corrected chi connectivity index (χ0v) is 74.4. The van der Waals surface area contributed by atoms with E-state index in [1.54, 1.807) is 68.2 Å². The molecule has 125 heavy (non-hydrogen) atoms. The van der Waals surface area contributed by atoms with Crippen LogP contribution < -0.4 is 63.8 Å². The van der Waals surface area contributed by atoms with Gasteiger partial charge < -0.3 is 93.2 Å². The molecule has 0 radical (unpaired) electrons. The van der Waals surface area contributed by atoms with Gasteiger partial charge in [0.1, 0.15) is 0 Å². The summed E-state index contributed by atoms with van der Waals surface area (Å²) in [6, 6.07) is 58.2. The second-order valence-electron chi connectivity index (χ2n) is 32.0. The molecule has 3 saturated heterocycles. The third-order valence-corrected chi connectivity index (χ3v) is 25.1. The highest BCUT2D eigenvalue weighted by Gasteiger charge is 2.41. The Labute approximate surface area is 736 Å². The number of benzene rings is 8. The van der Waals surface area contributed by atoms with E-state index in [9.17, 15) is 14.4 Å². The van der Waals surface area contributed by atoms with Gasteiger partial charge in [-0.3, -0.25) is 14.4 Å². The van der Waals surface area contributed by atoms with E-state index in [1.165, 1.54) is 22.6 Å². The molecule has 1 unspecified atom stereocenters. The fraction of sp³-hybridized carbons (Fsp3) is 0.404. The van der Waals surface area contributed by atoms with E-state index >= 15 is 0 Å². The Morgan fingerprint density at radius 3 is 1.20 bits per heavy atom. The Kier molecular flexibility index (Phi) is 30.4. The molecule has 10 aromatic rings. The summed E-state index contributed by atoms with van der Waals surface area (Å²) in [6.07, 6.45) is 7.49. The van der Waals surface area contributed by atoms with E-state index in [0.717, 1.165) is 197 Å². The van der Waals surface area contributed by atoms with Crippen molar-refractivity contribution in [2.24, 2.45) is 0 Å². The first-order valence-corrected chi connectivity index (χ1v) is 44.1. The largest absolute Gasteiger partial charge is 0.493 e. The van der Waals surface area contributed by atoms with Gasteiger partial charge in [0.25, 0.3) is 17.7 Å². The first kappa shape index (κ1) is 88.9. The number of ether oxygens (including phenoxy) is 7. The van der Waals surface area contributed by atoms with Crippen molar-refractivity contribution in [3.05, 3.63) is 255 Å². The number of methoxy groups -OCH3 is 7. The molecule has 6 aliphatic heterocycles. The minimum Gasteiger partial charge on any atom is -0.493 e. The third-order valence-electron chi connectivity index (χ3n) is 25.1. The number of aryl methyl sites for hydroxylation is 1. The van der Waals surface area contributed by atoms with Gasteiger partial charge in [0.2, 0.25) is 17.8 Å². The third kappa shape index (κ3) is 20.8. The number of hydrogen-bond donors (Lipinski definition) is 3. The number of carbonyl (C=O) groups excluding carboxylic acids is 3. The SMILES string of the molecule is CCN1CCN(c2cccc3c2CN(C(c2cccc(NCc4ccccc4)c2)c2ccc(OC)c(OC)c2)C3=O)CC1.CCN1CCN(c2cccc3c2CN([C@H](CCCNc2nccc(OC)n2)c2ccc(OC)c(OC)c2)C3=O)CC1.CCc1ccnc(NCCC[C@H](c2ccc(OC)c(OC)c2)N2Cc3c(cccc3N3CCN(CC)CC3)C2=O)n1. The Morgan fingerprint density at radius 1 is 0.368 bits per heavy atom. The topological polar surface area (TPSA) is 233 Å². The maximum Gasteiger partial charge on any atom is 0.255 e. The lowest BCUT2D eigenvalue weighted by Crippen LogP contribution is -2.46. The average Bonchev–Trinajstić information content (AvgIpc) is 1.62. The molecule has 26 nitrogen and oxygen atoms in total. The molecule has 3 atom stereocenters. The maximum absolute atomic E-state index is 14.2. The molecule has 26 heteroatoms. The number of nitrogens with one attached hydrogen (secondary N) is 3. The second kappa shape index (κ2) is 42.8. The van der Waals surface area contributed by atoms with Crippen LogP contribution in [0.5, 0.6) is 40.4 Å². The van der Waals surface area contributed by atoms with Crippen LogP contribution in [0, 0.1) is 0 Å². The summed E-state index contributed by atoms with van der Waals surface area (Å²) in [5.41, 5.74) is 16.6. The van der Waals surface area contributed by atoms with Crippen molar-refractivity contribution in [3.63, 3.8) is 0 Å². The Balaban J connectivity index is 0.000000152. The van der Waals surface area contributed by atoms with E-state index < -0.39 is 0 Å². The Morgan fingerprint density at radius 2 is 0.768 bits per heavy atom. The number of amides is 3. The summed E-state index contributed by atoms with van der Waals surface area (Å²) in [5, 5.41) is 10.2. The van der Waals surface area contributed by atoms with Crippen molar-refractivity contribution in [1.29, 1.82) is 0 Å². The van der Waals surface area contributed by atoms with Crippen molar-refractivity contribution in [3.8, 4) is 40.4 Å². The van der Waals surface area contributed by atoms with Crippen LogP contribution in [0.3, 0.4) is 0 Å². The van der Waals surface area contributed by atoms with Crippen LogP contribution in [0.25, 0.3) is 0 Å². The van der Waals surface area contributed by atoms with E-state index in [4.69, 9.17) is 33.2 Å². The molecular weight excluding hydrogens is 1570 g/mol. The van der Waals surface area contributed by atoms with Crippen LogP contribution in [0.2, 0.25) is 0 Å². The van der Waals surface area contributed by atoms with Gasteiger partial charge in [-0.1, -0.05) is 107 Å². The predicted octanol–water partition coefficient (Wildman–Crippen LogP) is 15.2. The van der Waals surface area contributed by atoms with Crippen LogP contribution in [-0.4, -0.2) is 228 Å². The number of aromatic nitrogens is 4. The minimum atomic E-state index is -0.317. The molecule has 3 amide bonds. The smallest absolute Gasteiger partial charge is 0.255 e. The number of anilines is 6. The van der Waals surface area contributed by atoms with Crippen LogP contribution in [0.1, 0.15) is 153 Å². The molecule has 0 aliphatic carbocycles. The fourth-order valence-corrected chi connectivity index (χ4v) is 18.1. The van der Waals surface area contributed by atoms with Crippen LogP contribution in [0.4, 0.5) is 34.6 Å². The summed E-state index contributed by atoms with van der Waals surface area (Å²) in [5.74, 6) is 5.82. The molecular formula is C99H122N16O10. The minimum absolute atomic E-state index is 0.0477. The Bertz CT molecular complexity index is 5070. The molecule has 8 aromatic carbocycles. The summed E-state index contributed by atoms with van der Waals surface area (Å²) >= 11 is 0. The van der Waals surface area contributed by atoms with E-state index in [2.05, 4.69) is 166 Å². The van der Waals surface area contributed by atoms with Crippen molar-refractivity contribution < 1.29 is 47.5 Å². The van der Waals surface area contributed by atoms with Crippen molar-refractivity contribution >= 4 is 52.4 Å². The number of hydrogen-bond acceptors (Lipinski definition) is 23. The predicted molar refractivity (Wildman–Crippen MR) is 494 cm³/mol. The molecule has 0 bridgehead atoms. The number of carbonyl (C=O) groups is 3. The molecule has 8 heterocycles. The highest BCUT2D eigenvalue weighted by Crippen LogP contribution is 2.46. The summed E-state index contributed by atoms with van der Waals surface area (Å²) in [7, 11) is 11.4. The van der Waals surface area contributed by atoms with Crippen LogP contribution in [-0.2, 0) is 32.6 Å². The van der Waals surface area contributed by atoms with Crippen molar-refractivity contribution in [1.82, 2.24) is 49.3 Å². The molecule has 0 saturated carbocycles. The Hall–Kier alpha value is -12.4. The molecule has 6 aliphatic rings. The number of piperazine rings is 3.